The Morgan fingerprint density at radius 1 is 1.14 bits per heavy atom. The summed E-state index contributed by atoms with van der Waals surface area (Å²) in [5.41, 5.74) is 3.32. The molecule has 1 amide bonds. The van der Waals surface area contributed by atoms with Crippen molar-refractivity contribution in [1.82, 2.24) is 0 Å². The van der Waals surface area contributed by atoms with E-state index >= 15 is 0 Å². The number of hydrogen-bond acceptors (Lipinski definition) is 2. The molecule has 0 saturated heterocycles. The molecule has 1 aliphatic rings. The van der Waals surface area contributed by atoms with E-state index in [0.717, 1.165) is 25.1 Å². The first-order chi connectivity index (χ1) is 10.1. The topological polar surface area (TPSA) is 41.1 Å². The third-order valence-corrected chi connectivity index (χ3v) is 4.14. The zero-order chi connectivity index (χ0) is 14.8. The number of amides is 1. The molecule has 0 spiro atoms. The van der Waals surface area contributed by atoms with Crippen LogP contribution in [0.5, 0.6) is 0 Å². The van der Waals surface area contributed by atoms with E-state index in [-0.39, 0.29) is 5.91 Å². The Hall–Kier alpha value is -1.71. The average molecular weight is 321 g/mol. The Kier molecular flexibility index (Phi) is 4.04. The third-order valence-electron chi connectivity index (χ3n) is 3.51. The van der Waals surface area contributed by atoms with Crippen molar-refractivity contribution in [3.63, 3.8) is 0 Å². The number of rotatable bonds is 2. The van der Waals surface area contributed by atoms with Gasteiger partial charge in [-0.25, -0.2) is 0 Å². The van der Waals surface area contributed by atoms with Gasteiger partial charge in [-0.1, -0.05) is 29.3 Å². The first kappa shape index (κ1) is 14.2. The fourth-order valence-electron chi connectivity index (χ4n) is 2.42. The molecular formula is C16H14Cl2N2O. The summed E-state index contributed by atoms with van der Waals surface area (Å²) in [7, 11) is 0. The van der Waals surface area contributed by atoms with Crippen LogP contribution in [0.25, 0.3) is 0 Å². The van der Waals surface area contributed by atoms with Gasteiger partial charge in [0, 0.05) is 17.8 Å². The van der Waals surface area contributed by atoms with Gasteiger partial charge >= 0.3 is 0 Å². The minimum atomic E-state index is -0.210. The summed E-state index contributed by atoms with van der Waals surface area (Å²) in [5.74, 6) is -0.210. The minimum absolute atomic E-state index is 0.210. The fourth-order valence-corrected chi connectivity index (χ4v) is 2.91. The van der Waals surface area contributed by atoms with Crippen LogP contribution in [-0.2, 0) is 6.42 Å². The van der Waals surface area contributed by atoms with E-state index in [1.54, 1.807) is 24.3 Å². The van der Waals surface area contributed by atoms with E-state index < -0.39 is 0 Å². The fraction of sp³-hybridized carbons (Fsp3) is 0.188. The van der Waals surface area contributed by atoms with Gasteiger partial charge in [0.15, 0.2) is 0 Å². The van der Waals surface area contributed by atoms with Gasteiger partial charge in [-0.15, -0.1) is 0 Å². The number of hydrogen-bond donors (Lipinski definition) is 2. The molecule has 0 aliphatic carbocycles. The Labute approximate surface area is 133 Å². The Bertz CT molecular complexity index is 680. The highest BCUT2D eigenvalue weighted by molar-refractivity contribution is 6.40. The normalized spacial score (nSPS) is 13.2. The molecule has 2 aromatic rings. The maximum Gasteiger partial charge on any atom is 0.255 e. The molecule has 0 unspecified atom stereocenters. The molecule has 1 heterocycles. The summed E-state index contributed by atoms with van der Waals surface area (Å²) in [6.07, 6.45) is 2.06. The second kappa shape index (κ2) is 5.96. The van der Waals surface area contributed by atoms with E-state index in [1.165, 1.54) is 5.56 Å². The first-order valence-corrected chi connectivity index (χ1v) is 7.53. The van der Waals surface area contributed by atoms with Gasteiger partial charge in [0.05, 0.1) is 15.7 Å². The zero-order valence-electron chi connectivity index (χ0n) is 11.2. The zero-order valence-corrected chi connectivity index (χ0v) is 12.8. The average Bonchev–Trinajstić information content (AvgIpc) is 2.50. The molecule has 0 atom stereocenters. The molecule has 2 aromatic carbocycles. The van der Waals surface area contributed by atoms with Crippen LogP contribution in [0.4, 0.5) is 11.4 Å². The summed E-state index contributed by atoms with van der Waals surface area (Å²) in [5, 5.41) is 6.95. The van der Waals surface area contributed by atoms with Crippen LogP contribution in [0.15, 0.2) is 36.4 Å². The molecule has 3 nitrogen and oxygen atoms in total. The second-order valence-electron chi connectivity index (χ2n) is 4.95. The van der Waals surface area contributed by atoms with Crippen molar-refractivity contribution in [2.75, 3.05) is 17.2 Å². The van der Waals surface area contributed by atoms with Gasteiger partial charge in [0.25, 0.3) is 5.91 Å². The third kappa shape index (κ3) is 2.99. The monoisotopic (exact) mass is 320 g/mol. The summed E-state index contributed by atoms with van der Waals surface area (Å²) < 4.78 is 0. The second-order valence-corrected chi connectivity index (χ2v) is 5.77. The minimum Gasteiger partial charge on any atom is -0.385 e. The number of nitrogens with one attached hydrogen (secondary N) is 2. The van der Waals surface area contributed by atoms with Crippen LogP contribution >= 0.6 is 23.2 Å². The predicted molar refractivity (Wildman–Crippen MR) is 87.7 cm³/mol. The van der Waals surface area contributed by atoms with Gasteiger partial charge in [0.2, 0.25) is 0 Å². The van der Waals surface area contributed by atoms with Crippen LogP contribution in [-0.4, -0.2) is 12.5 Å². The number of para-hydroxylation sites is 1. The standard InChI is InChI=1S/C16H14Cl2N2O/c17-12-4-1-5-13(18)15(12)20-16(21)11-6-7-14-10(9-11)3-2-8-19-14/h1,4-7,9,19H,2-3,8H2,(H,20,21). The Balaban J connectivity index is 1.86. The predicted octanol–water partition coefficient (Wildman–Crippen LogP) is 4.60. The number of carbonyl (C=O) groups is 1. The highest BCUT2D eigenvalue weighted by Gasteiger charge is 2.14. The Morgan fingerprint density at radius 3 is 2.67 bits per heavy atom. The highest BCUT2D eigenvalue weighted by Crippen LogP contribution is 2.30. The lowest BCUT2D eigenvalue weighted by Gasteiger charge is -2.18. The van der Waals surface area contributed by atoms with Crippen molar-refractivity contribution in [2.24, 2.45) is 0 Å². The van der Waals surface area contributed by atoms with Gasteiger partial charge in [-0.2, -0.15) is 0 Å². The number of halogens is 2. The molecule has 0 aromatic heterocycles. The summed E-state index contributed by atoms with van der Waals surface area (Å²) >= 11 is 12.1. The molecule has 108 valence electrons. The van der Waals surface area contributed by atoms with Crippen molar-refractivity contribution < 1.29 is 4.79 Å². The molecule has 0 bridgehead atoms. The van der Waals surface area contributed by atoms with Crippen molar-refractivity contribution in [3.05, 3.63) is 57.6 Å². The van der Waals surface area contributed by atoms with Gasteiger partial charge < -0.3 is 10.6 Å². The molecule has 5 heteroatoms. The Morgan fingerprint density at radius 2 is 1.90 bits per heavy atom. The molecular weight excluding hydrogens is 307 g/mol. The summed E-state index contributed by atoms with van der Waals surface area (Å²) in [6, 6.07) is 10.8. The summed E-state index contributed by atoms with van der Waals surface area (Å²) in [6.45, 7) is 0.980. The smallest absolute Gasteiger partial charge is 0.255 e. The molecule has 0 saturated carbocycles. The maximum atomic E-state index is 12.4. The van der Waals surface area contributed by atoms with Crippen molar-refractivity contribution >= 4 is 40.5 Å². The number of aryl methyl sites for hydroxylation is 1. The maximum absolute atomic E-state index is 12.4. The molecule has 0 radical (unpaired) electrons. The number of anilines is 2. The number of fused-ring (bicyclic) bond motifs is 1. The van der Waals surface area contributed by atoms with E-state index in [1.807, 2.05) is 12.1 Å². The van der Waals surface area contributed by atoms with Crippen molar-refractivity contribution in [2.45, 2.75) is 12.8 Å². The lowest BCUT2D eigenvalue weighted by atomic mass is 10.0. The van der Waals surface area contributed by atoms with Crippen LogP contribution in [0.2, 0.25) is 10.0 Å². The lowest BCUT2D eigenvalue weighted by Crippen LogP contribution is -2.16. The van der Waals surface area contributed by atoms with Gasteiger partial charge in [-0.3, -0.25) is 4.79 Å². The quantitative estimate of drug-likeness (QED) is 0.848. The first-order valence-electron chi connectivity index (χ1n) is 6.77. The number of benzene rings is 2. The SMILES string of the molecule is O=C(Nc1c(Cl)cccc1Cl)c1ccc2c(c1)CCCN2. The molecule has 2 N–H and O–H groups in total. The summed E-state index contributed by atoms with van der Waals surface area (Å²) in [4.78, 5) is 12.4. The van der Waals surface area contributed by atoms with Crippen molar-refractivity contribution in [3.8, 4) is 0 Å². The van der Waals surface area contributed by atoms with Crippen molar-refractivity contribution in [1.29, 1.82) is 0 Å². The van der Waals surface area contributed by atoms with E-state index in [2.05, 4.69) is 10.6 Å². The molecule has 1 aliphatic heterocycles. The lowest BCUT2D eigenvalue weighted by molar-refractivity contribution is 0.102. The molecule has 3 rings (SSSR count). The molecule has 21 heavy (non-hydrogen) atoms. The van der Waals surface area contributed by atoms with E-state index in [4.69, 9.17) is 23.2 Å². The van der Waals surface area contributed by atoms with Crippen LogP contribution in [0.3, 0.4) is 0 Å². The molecule has 0 fully saturated rings. The van der Waals surface area contributed by atoms with E-state index in [0.29, 0.717) is 21.3 Å². The highest BCUT2D eigenvalue weighted by atomic mass is 35.5. The van der Waals surface area contributed by atoms with Crippen LogP contribution in [0, 0.1) is 0 Å². The van der Waals surface area contributed by atoms with Gasteiger partial charge in [-0.05, 0) is 48.7 Å². The number of carbonyl (C=O) groups excluding carboxylic acids is 1. The van der Waals surface area contributed by atoms with Crippen LogP contribution < -0.4 is 10.6 Å². The van der Waals surface area contributed by atoms with E-state index in [9.17, 15) is 4.79 Å². The van der Waals surface area contributed by atoms with Crippen LogP contribution in [0.1, 0.15) is 22.3 Å². The largest absolute Gasteiger partial charge is 0.385 e. The van der Waals surface area contributed by atoms with Gasteiger partial charge in [0.1, 0.15) is 0 Å².